The molecule has 0 amide bonds. The van der Waals surface area contributed by atoms with Gasteiger partial charge >= 0.3 is 0 Å². The standard InChI is InChI=1S/C23H21N/c1-2-8-17(9-3-1)15-24-16-23-14-20(18-10-4-6-12-21(18)23)19-11-5-7-13-22(19)23/h1-13,20,24H,14-16H2. The van der Waals surface area contributed by atoms with Crippen LogP contribution in [0.5, 0.6) is 0 Å². The lowest BCUT2D eigenvalue weighted by molar-refractivity contribution is 0.475. The van der Waals surface area contributed by atoms with Crippen molar-refractivity contribution >= 4 is 0 Å². The fraction of sp³-hybridized carbons (Fsp3) is 0.217. The number of nitrogens with one attached hydrogen (secondary N) is 1. The van der Waals surface area contributed by atoms with Gasteiger partial charge in [0.25, 0.3) is 0 Å². The summed E-state index contributed by atoms with van der Waals surface area (Å²) in [7, 11) is 0. The van der Waals surface area contributed by atoms with Crippen LogP contribution in [0.15, 0.2) is 78.9 Å². The summed E-state index contributed by atoms with van der Waals surface area (Å²) in [6.45, 7) is 1.93. The Morgan fingerprint density at radius 3 is 2.00 bits per heavy atom. The van der Waals surface area contributed by atoms with E-state index in [0.29, 0.717) is 5.92 Å². The lowest BCUT2D eigenvalue weighted by atomic mass is 9.75. The van der Waals surface area contributed by atoms with Crippen LogP contribution < -0.4 is 5.32 Å². The Morgan fingerprint density at radius 2 is 1.33 bits per heavy atom. The molecule has 3 aromatic carbocycles. The third kappa shape index (κ3) is 1.91. The highest BCUT2D eigenvalue weighted by Gasteiger charge is 2.51. The van der Waals surface area contributed by atoms with E-state index in [1.165, 1.54) is 34.2 Å². The maximum Gasteiger partial charge on any atom is 0.0342 e. The van der Waals surface area contributed by atoms with Crippen LogP contribution in [-0.4, -0.2) is 6.54 Å². The molecule has 0 fully saturated rings. The molecule has 0 heterocycles. The van der Waals surface area contributed by atoms with E-state index < -0.39 is 0 Å². The smallest absolute Gasteiger partial charge is 0.0342 e. The van der Waals surface area contributed by atoms with Gasteiger partial charge in [0.15, 0.2) is 0 Å². The molecule has 0 spiro atoms. The van der Waals surface area contributed by atoms with E-state index >= 15 is 0 Å². The number of benzene rings is 3. The SMILES string of the molecule is c1ccc(CNCC23CC(c4ccccc42)c2ccccc23)cc1. The summed E-state index contributed by atoms with van der Waals surface area (Å²) in [5.74, 6) is 0.580. The molecule has 0 unspecified atom stereocenters. The van der Waals surface area contributed by atoms with Gasteiger partial charge in [-0.15, -0.1) is 0 Å². The zero-order chi connectivity index (χ0) is 16.0. The maximum atomic E-state index is 3.74. The van der Waals surface area contributed by atoms with Crippen LogP contribution >= 0.6 is 0 Å². The molecule has 2 aliphatic carbocycles. The molecule has 24 heavy (non-hydrogen) atoms. The molecule has 0 atom stereocenters. The Hall–Kier alpha value is -2.38. The molecule has 1 N–H and O–H groups in total. The molecule has 2 bridgehead atoms. The van der Waals surface area contributed by atoms with Crippen LogP contribution in [0.2, 0.25) is 0 Å². The van der Waals surface area contributed by atoms with Crippen LogP contribution in [0.4, 0.5) is 0 Å². The Morgan fingerprint density at radius 1 is 0.750 bits per heavy atom. The second-order valence-electron chi connectivity index (χ2n) is 7.10. The highest BCUT2D eigenvalue weighted by atomic mass is 14.9. The van der Waals surface area contributed by atoms with E-state index in [1.807, 2.05) is 0 Å². The van der Waals surface area contributed by atoms with Gasteiger partial charge in [0.1, 0.15) is 0 Å². The van der Waals surface area contributed by atoms with Crippen LogP contribution in [0.3, 0.4) is 0 Å². The molecule has 3 aromatic rings. The molecule has 0 saturated heterocycles. The number of fused-ring (bicyclic) bond motifs is 8. The van der Waals surface area contributed by atoms with Crippen molar-refractivity contribution < 1.29 is 0 Å². The lowest BCUT2D eigenvalue weighted by Gasteiger charge is -2.31. The third-order valence-corrected chi connectivity index (χ3v) is 5.85. The molecule has 2 aliphatic rings. The molecule has 0 radical (unpaired) electrons. The minimum atomic E-state index is 0.145. The third-order valence-electron chi connectivity index (χ3n) is 5.85. The van der Waals surface area contributed by atoms with Crippen molar-refractivity contribution in [1.82, 2.24) is 5.32 Å². The van der Waals surface area contributed by atoms with Crippen LogP contribution in [-0.2, 0) is 12.0 Å². The van der Waals surface area contributed by atoms with Gasteiger partial charge in [0.05, 0.1) is 0 Å². The second-order valence-corrected chi connectivity index (χ2v) is 7.10. The fourth-order valence-electron chi connectivity index (χ4n) is 4.85. The van der Waals surface area contributed by atoms with Gasteiger partial charge in [-0.2, -0.15) is 0 Å². The van der Waals surface area contributed by atoms with Crippen molar-refractivity contribution in [2.75, 3.05) is 6.54 Å². The predicted octanol–water partition coefficient (Wildman–Crippen LogP) is 4.61. The summed E-state index contributed by atoms with van der Waals surface area (Å²) in [4.78, 5) is 0. The maximum absolute atomic E-state index is 3.74. The second kappa shape index (κ2) is 5.32. The molecule has 1 nitrogen and oxygen atoms in total. The monoisotopic (exact) mass is 311 g/mol. The van der Waals surface area contributed by atoms with Crippen molar-refractivity contribution in [3.05, 3.63) is 107 Å². The number of hydrogen-bond donors (Lipinski definition) is 1. The Kier molecular flexibility index (Phi) is 3.11. The van der Waals surface area contributed by atoms with Gasteiger partial charge in [-0.3, -0.25) is 0 Å². The van der Waals surface area contributed by atoms with Gasteiger partial charge < -0.3 is 5.32 Å². The van der Waals surface area contributed by atoms with Gasteiger partial charge in [-0.05, 0) is 34.2 Å². The summed E-state index contributed by atoms with van der Waals surface area (Å²) in [6, 6.07) is 28.8. The summed E-state index contributed by atoms with van der Waals surface area (Å²) in [6.07, 6.45) is 1.22. The van der Waals surface area contributed by atoms with Gasteiger partial charge in [0, 0.05) is 24.4 Å². The first-order valence-corrected chi connectivity index (χ1v) is 8.82. The zero-order valence-electron chi connectivity index (χ0n) is 13.7. The van der Waals surface area contributed by atoms with Crippen LogP contribution in [0.25, 0.3) is 0 Å². The Balaban J connectivity index is 1.50. The zero-order valence-corrected chi connectivity index (χ0v) is 13.7. The molecular formula is C23H21N. The Labute approximate surface area is 143 Å². The van der Waals surface area contributed by atoms with Crippen molar-refractivity contribution in [2.45, 2.75) is 24.3 Å². The highest BCUT2D eigenvalue weighted by Crippen LogP contribution is 2.59. The predicted molar refractivity (Wildman–Crippen MR) is 98.3 cm³/mol. The van der Waals surface area contributed by atoms with E-state index in [1.54, 1.807) is 0 Å². The molecule has 118 valence electrons. The average molecular weight is 311 g/mol. The summed E-state index contributed by atoms with van der Waals surface area (Å²) < 4.78 is 0. The van der Waals surface area contributed by atoms with E-state index in [4.69, 9.17) is 0 Å². The van der Waals surface area contributed by atoms with Gasteiger partial charge in [0.2, 0.25) is 0 Å². The molecular weight excluding hydrogens is 290 g/mol. The van der Waals surface area contributed by atoms with Crippen molar-refractivity contribution in [3.8, 4) is 0 Å². The molecule has 5 rings (SSSR count). The normalized spacial score (nSPS) is 23.1. The first kappa shape index (κ1) is 14.0. The van der Waals surface area contributed by atoms with Crippen molar-refractivity contribution in [3.63, 3.8) is 0 Å². The van der Waals surface area contributed by atoms with Crippen LogP contribution in [0, 0.1) is 0 Å². The van der Waals surface area contributed by atoms with Gasteiger partial charge in [-0.1, -0.05) is 78.9 Å². The summed E-state index contributed by atoms with van der Waals surface area (Å²) in [5.41, 5.74) is 7.65. The lowest BCUT2D eigenvalue weighted by Crippen LogP contribution is -2.36. The average Bonchev–Trinajstić information content (AvgIpc) is 3.16. The first-order valence-electron chi connectivity index (χ1n) is 8.82. The summed E-state index contributed by atoms with van der Waals surface area (Å²) in [5, 5.41) is 3.74. The number of hydrogen-bond acceptors (Lipinski definition) is 1. The first-order chi connectivity index (χ1) is 11.9. The topological polar surface area (TPSA) is 12.0 Å². The van der Waals surface area contributed by atoms with E-state index in [9.17, 15) is 0 Å². The van der Waals surface area contributed by atoms with E-state index in [2.05, 4.69) is 84.2 Å². The Bertz CT molecular complexity index is 834. The van der Waals surface area contributed by atoms with Gasteiger partial charge in [-0.25, -0.2) is 0 Å². The molecule has 0 saturated carbocycles. The van der Waals surface area contributed by atoms with Crippen molar-refractivity contribution in [2.24, 2.45) is 0 Å². The van der Waals surface area contributed by atoms with Crippen molar-refractivity contribution in [1.29, 1.82) is 0 Å². The minimum absolute atomic E-state index is 0.145. The van der Waals surface area contributed by atoms with E-state index in [-0.39, 0.29) is 5.41 Å². The quantitative estimate of drug-likeness (QED) is 0.742. The molecule has 0 aliphatic heterocycles. The number of rotatable bonds is 4. The fourth-order valence-corrected chi connectivity index (χ4v) is 4.85. The van der Waals surface area contributed by atoms with E-state index in [0.717, 1.165) is 13.1 Å². The minimum Gasteiger partial charge on any atom is -0.311 e. The largest absolute Gasteiger partial charge is 0.311 e. The molecule has 1 heteroatoms. The molecule has 0 aromatic heterocycles. The highest BCUT2D eigenvalue weighted by molar-refractivity contribution is 5.62. The summed E-state index contributed by atoms with van der Waals surface area (Å²) >= 11 is 0. The van der Waals surface area contributed by atoms with Crippen LogP contribution in [0.1, 0.15) is 40.2 Å².